The van der Waals surface area contributed by atoms with Gasteiger partial charge in [0.05, 0.1) is 25.2 Å². The summed E-state index contributed by atoms with van der Waals surface area (Å²) in [5.74, 6) is -0.0222. The molecule has 2 aromatic carbocycles. The monoisotopic (exact) mass is 416 g/mol. The second-order valence-electron chi connectivity index (χ2n) is 7.09. The molecule has 1 atom stereocenters. The number of hydrogen-bond acceptors (Lipinski definition) is 2. The number of carbonyl (C=O) groups is 1. The summed E-state index contributed by atoms with van der Waals surface area (Å²) in [5.41, 5.74) is 3.17. The predicted molar refractivity (Wildman–Crippen MR) is 110 cm³/mol. The van der Waals surface area contributed by atoms with E-state index in [1.165, 1.54) is 37.2 Å². The third kappa shape index (κ3) is 4.46. The maximum absolute atomic E-state index is 12.6. The largest absolute Gasteiger partial charge is 0.378 e. The fourth-order valence-corrected chi connectivity index (χ4v) is 4.08. The smallest absolute Gasteiger partial charge is 0.252 e. The minimum Gasteiger partial charge on any atom is -0.378 e. The normalized spacial score (nSPS) is 15.7. The van der Waals surface area contributed by atoms with Gasteiger partial charge in [0.25, 0.3) is 5.91 Å². The quantitative estimate of drug-likeness (QED) is 0.759. The summed E-state index contributed by atoms with van der Waals surface area (Å²) in [5, 5.41) is 3.15. The van der Waals surface area contributed by atoms with Gasteiger partial charge in [-0.1, -0.05) is 24.3 Å². The van der Waals surface area contributed by atoms with Gasteiger partial charge in [0.1, 0.15) is 6.04 Å². The minimum absolute atomic E-state index is 0.0222. The molecule has 138 valence electrons. The zero-order valence-electron chi connectivity index (χ0n) is 15.5. The number of quaternary nitrogens is 1. The fraction of sp³-hybridized carbons (Fsp3) is 0.381. The van der Waals surface area contributed by atoms with Gasteiger partial charge in [-0.05, 0) is 40.2 Å². The first-order valence-electron chi connectivity index (χ1n) is 9.21. The Morgan fingerprint density at radius 3 is 2.38 bits per heavy atom. The number of halogens is 1. The van der Waals surface area contributed by atoms with Crippen LogP contribution in [0.5, 0.6) is 0 Å². The molecule has 1 amide bonds. The van der Waals surface area contributed by atoms with Crippen molar-refractivity contribution in [2.45, 2.75) is 18.9 Å². The molecule has 1 saturated heterocycles. The van der Waals surface area contributed by atoms with Crippen molar-refractivity contribution >= 4 is 27.5 Å². The van der Waals surface area contributed by atoms with Crippen LogP contribution in [0.25, 0.3) is 0 Å². The summed E-state index contributed by atoms with van der Waals surface area (Å²) in [6.07, 6.45) is 2.53. The van der Waals surface area contributed by atoms with Crippen molar-refractivity contribution in [1.82, 2.24) is 5.32 Å². The van der Waals surface area contributed by atoms with Gasteiger partial charge < -0.3 is 15.1 Å². The van der Waals surface area contributed by atoms with Crippen LogP contribution in [0.3, 0.4) is 0 Å². The van der Waals surface area contributed by atoms with Crippen molar-refractivity contribution in [2.24, 2.45) is 0 Å². The first-order chi connectivity index (χ1) is 12.6. The highest BCUT2D eigenvalue weighted by Gasteiger charge is 2.28. The lowest BCUT2D eigenvalue weighted by Gasteiger charge is -2.26. The third-order valence-electron chi connectivity index (χ3n) is 5.14. The van der Waals surface area contributed by atoms with Crippen molar-refractivity contribution in [3.05, 3.63) is 64.1 Å². The van der Waals surface area contributed by atoms with Crippen LogP contribution in [-0.4, -0.2) is 39.6 Å². The maximum atomic E-state index is 12.6. The van der Waals surface area contributed by atoms with Gasteiger partial charge in [0.2, 0.25) is 0 Å². The van der Waals surface area contributed by atoms with Gasteiger partial charge in [0.15, 0.2) is 0 Å². The van der Waals surface area contributed by atoms with Gasteiger partial charge in [0, 0.05) is 42.7 Å². The highest BCUT2D eigenvalue weighted by Crippen LogP contribution is 2.18. The molecule has 0 aromatic heterocycles. The molecule has 1 heterocycles. The van der Waals surface area contributed by atoms with Crippen LogP contribution in [-0.2, 0) is 0 Å². The lowest BCUT2D eigenvalue weighted by Crippen LogP contribution is -3.11. The molecule has 5 heteroatoms. The van der Waals surface area contributed by atoms with Crippen LogP contribution in [0.4, 0.5) is 5.69 Å². The molecule has 1 aliphatic rings. The number of anilines is 1. The standard InChI is InChI=1S/C21H26BrN3O/c1-24(2)17-11-9-16(10-12-17)20(25-13-5-6-14-25)15-23-21(26)18-7-3-4-8-19(18)22/h3-4,7-12,20H,5-6,13-15H2,1-2H3,(H,23,26)/p+1/t20-/m1/s1. The number of carbonyl (C=O) groups excluding carboxylic acids is 1. The lowest BCUT2D eigenvalue weighted by atomic mass is 10.0. The summed E-state index contributed by atoms with van der Waals surface area (Å²) in [4.78, 5) is 16.3. The van der Waals surface area contributed by atoms with Gasteiger partial charge in [-0.3, -0.25) is 4.79 Å². The molecule has 0 radical (unpaired) electrons. The second kappa shape index (κ2) is 8.69. The molecule has 0 saturated carbocycles. The molecular weight excluding hydrogens is 390 g/mol. The van der Waals surface area contributed by atoms with E-state index in [4.69, 9.17) is 0 Å². The Balaban J connectivity index is 1.74. The Labute approximate surface area is 164 Å². The number of hydrogen-bond donors (Lipinski definition) is 2. The third-order valence-corrected chi connectivity index (χ3v) is 5.83. The van der Waals surface area contributed by atoms with Crippen LogP contribution in [0.15, 0.2) is 53.0 Å². The molecule has 0 aliphatic carbocycles. The average molecular weight is 417 g/mol. The number of rotatable bonds is 6. The van der Waals surface area contributed by atoms with E-state index in [0.717, 1.165) is 4.47 Å². The van der Waals surface area contributed by atoms with Crippen molar-refractivity contribution in [1.29, 1.82) is 0 Å². The summed E-state index contributed by atoms with van der Waals surface area (Å²) in [6, 6.07) is 16.6. The van der Waals surface area contributed by atoms with Crippen LogP contribution < -0.4 is 15.1 Å². The Morgan fingerprint density at radius 1 is 1.12 bits per heavy atom. The van der Waals surface area contributed by atoms with Crippen molar-refractivity contribution < 1.29 is 9.69 Å². The van der Waals surface area contributed by atoms with Crippen LogP contribution in [0, 0.1) is 0 Å². The van der Waals surface area contributed by atoms with E-state index in [2.05, 4.69) is 64.5 Å². The van der Waals surface area contributed by atoms with Crippen LogP contribution in [0.2, 0.25) is 0 Å². The first-order valence-corrected chi connectivity index (χ1v) is 10.00. The second-order valence-corrected chi connectivity index (χ2v) is 7.95. The summed E-state index contributed by atoms with van der Waals surface area (Å²) in [6.45, 7) is 2.99. The van der Waals surface area contributed by atoms with E-state index < -0.39 is 0 Å². The maximum Gasteiger partial charge on any atom is 0.252 e. The summed E-state index contributed by atoms with van der Waals surface area (Å²) in [7, 11) is 4.10. The van der Waals surface area contributed by atoms with Crippen molar-refractivity contribution in [2.75, 3.05) is 38.6 Å². The van der Waals surface area contributed by atoms with Gasteiger partial charge >= 0.3 is 0 Å². The molecule has 0 spiro atoms. The fourth-order valence-electron chi connectivity index (χ4n) is 3.62. The lowest BCUT2D eigenvalue weighted by molar-refractivity contribution is -0.918. The number of nitrogens with zero attached hydrogens (tertiary/aromatic N) is 1. The van der Waals surface area contributed by atoms with Gasteiger partial charge in [-0.25, -0.2) is 0 Å². The number of likely N-dealkylation sites (tertiary alicyclic amines) is 1. The molecule has 3 rings (SSSR count). The number of nitrogens with one attached hydrogen (secondary N) is 2. The van der Waals surface area contributed by atoms with E-state index in [-0.39, 0.29) is 5.91 Å². The van der Waals surface area contributed by atoms with E-state index >= 15 is 0 Å². The van der Waals surface area contributed by atoms with E-state index in [0.29, 0.717) is 18.2 Å². The zero-order valence-corrected chi connectivity index (χ0v) is 17.1. The van der Waals surface area contributed by atoms with E-state index in [1.54, 1.807) is 4.90 Å². The Hall–Kier alpha value is -1.85. The van der Waals surface area contributed by atoms with Crippen LogP contribution >= 0.6 is 15.9 Å². The predicted octanol–water partition coefficient (Wildman–Crippen LogP) is 2.66. The van der Waals surface area contributed by atoms with Gasteiger partial charge in [-0.15, -0.1) is 0 Å². The summed E-state index contributed by atoms with van der Waals surface area (Å²) < 4.78 is 0.831. The molecule has 2 N–H and O–H groups in total. The van der Waals surface area contributed by atoms with E-state index in [9.17, 15) is 4.79 Å². The number of benzene rings is 2. The SMILES string of the molecule is CN(C)c1ccc([C@@H](CNC(=O)c2ccccc2Br)[NH+]2CCCC2)cc1. The van der Waals surface area contributed by atoms with Crippen LogP contribution in [0.1, 0.15) is 34.8 Å². The first kappa shape index (κ1) is 18.9. The summed E-state index contributed by atoms with van der Waals surface area (Å²) >= 11 is 3.47. The topological polar surface area (TPSA) is 36.8 Å². The Morgan fingerprint density at radius 2 is 1.77 bits per heavy atom. The molecule has 0 unspecified atom stereocenters. The molecule has 1 aliphatic heterocycles. The van der Waals surface area contributed by atoms with Gasteiger partial charge in [-0.2, -0.15) is 0 Å². The molecule has 4 nitrogen and oxygen atoms in total. The number of amides is 1. The molecule has 0 bridgehead atoms. The minimum atomic E-state index is -0.0222. The van der Waals surface area contributed by atoms with Crippen molar-refractivity contribution in [3.8, 4) is 0 Å². The highest BCUT2D eigenvalue weighted by atomic mass is 79.9. The average Bonchev–Trinajstić information content (AvgIpc) is 3.17. The highest BCUT2D eigenvalue weighted by molar-refractivity contribution is 9.10. The molecular formula is C21H27BrN3O+. The molecule has 2 aromatic rings. The Kier molecular flexibility index (Phi) is 6.33. The zero-order chi connectivity index (χ0) is 18.5. The Bertz CT molecular complexity index is 739. The van der Waals surface area contributed by atoms with Crippen molar-refractivity contribution in [3.63, 3.8) is 0 Å². The van der Waals surface area contributed by atoms with E-state index in [1.807, 2.05) is 24.3 Å². The molecule has 26 heavy (non-hydrogen) atoms. The molecule has 1 fully saturated rings.